The van der Waals surface area contributed by atoms with E-state index in [0.29, 0.717) is 4.47 Å². The van der Waals surface area contributed by atoms with Gasteiger partial charge in [-0.25, -0.2) is 9.37 Å². The highest BCUT2D eigenvalue weighted by molar-refractivity contribution is 9.10. The van der Waals surface area contributed by atoms with Crippen molar-refractivity contribution in [2.24, 2.45) is 0 Å². The Hall–Kier alpha value is -1.36. The molecule has 2 rings (SSSR count). The Morgan fingerprint density at radius 2 is 2.38 bits per heavy atom. The number of furan rings is 1. The van der Waals surface area contributed by atoms with E-state index in [-0.39, 0.29) is 11.9 Å². The standard InChI is InChI=1S/C11H10BrFN2O/c1-7(10-3-2-4-16-10)15-11-9(13)5-8(12)6-14-11/h2-7H,1H3,(H,14,15). The van der Waals surface area contributed by atoms with Gasteiger partial charge in [0.25, 0.3) is 0 Å². The molecule has 2 heterocycles. The fourth-order valence-corrected chi connectivity index (χ4v) is 1.64. The quantitative estimate of drug-likeness (QED) is 0.933. The normalized spacial score (nSPS) is 12.4. The summed E-state index contributed by atoms with van der Waals surface area (Å²) < 4.78 is 19.3. The van der Waals surface area contributed by atoms with E-state index in [1.165, 1.54) is 6.07 Å². The van der Waals surface area contributed by atoms with Crippen molar-refractivity contribution in [2.45, 2.75) is 13.0 Å². The van der Waals surface area contributed by atoms with E-state index in [9.17, 15) is 4.39 Å². The maximum absolute atomic E-state index is 13.5. The lowest BCUT2D eigenvalue weighted by molar-refractivity contribution is 0.488. The number of hydrogen-bond donors (Lipinski definition) is 1. The van der Waals surface area contributed by atoms with Crippen LogP contribution in [0.15, 0.2) is 39.5 Å². The van der Waals surface area contributed by atoms with Gasteiger partial charge in [-0.05, 0) is 41.1 Å². The van der Waals surface area contributed by atoms with Crippen molar-refractivity contribution in [3.05, 3.63) is 46.7 Å². The van der Waals surface area contributed by atoms with Gasteiger partial charge in [0.2, 0.25) is 0 Å². The molecule has 3 nitrogen and oxygen atoms in total. The molecule has 16 heavy (non-hydrogen) atoms. The van der Waals surface area contributed by atoms with Crippen molar-refractivity contribution < 1.29 is 8.81 Å². The van der Waals surface area contributed by atoms with Crippen molar-refractivity contribution in [3.8, 4) is 0 Å². The molecule has 0 saturated heterocycles. The van der Waals surface area contributed by atoms with Crippen LogP contribution >= 0.6 is 15.9 Å². The average Bonchev–Trinajstić information content (AvgIpc) is 2.75. The van der Waals surface area contributed by atoms with Gasteiger partial charge in [0, 0.05) is 10.7 Å². The molecule has 0 fully saturated rings. The molecule has 5 heteroatoms. The van der Waals surface area contributed by atoms with Crippen LogP contribution < -0.4 is 5.32 Å². The third-order valence-electron chi connectivity index (χ3n) is 2.13. The van der Waals surface area contributed by atoms with E-state index in [1.807, 2.05) is 13.0 Å². The van der Waals surface area contributed by atoms with Crippen molar-refractivity contribution in [3.63, 3.8) is 0 Å². The summed E-state index contributed by atoms with van der Waals surface area (Å²) in [4.78, 5) is 3.95. The fraction of sp³-hybridized carbons (Fsp3) is 0.182. The van der Waals surface area contributed by atoms with Crippen LogP contribution in [0.4, 0.5) is 10.2 Å². The predicted octanol–water partition coefficient (Wildman–Crippen LogP) is 3.75. The maximum Gasteiger partial charge on any atom is 0.166 e. The number of hydrogen-bond acceptors (Lipinski definition) is 3. The molecule has 1 atom stereocenters. The summed E-state index contributed by atoms with van der Waals surface area (Å²) in [5.74, 6) is 0.559. The number of anilines is 1. The van der Waals surface area contributed by atoms with Gasteiger partial charge in [-0.15, -0.1) is 0 Å². The zero-order valence-electron chi connectivity index (χ0n) is 8.58. The van der Waals surface area contributed by atoms with Crippen molar-refractivity contribution in [1.29, 1.82) is 0 Å². The first-order valence-electron chi connectivity index (χ1n) is 4.78. The van der Waals surface area contributed by atoms with Crippen LogP contribution in [0.2, 0.25) is 0 Å². The second kappa shape index (κ2) is 4.65. The molecule has 0 aromatic carbocycles. The molecule has 0 aliphatic carbocycles. The molecule has 0 saturated carbocycles. The summed E-state index contributed by atoms with van der Waals surface area (Å²) in [6.45, 7) is 1.88. The van der Waals surface area contributed by atoms with Crippen LogP contribution in [0.25, 0.3) is 0 Å². The molecule has 0 spiro atoms. The van der Waals surface area contributed by atoms with Crippen LogP contribution in [-0.2, 0) is 0 Å². The topological polar surface area (TPSA) is 38.1 Å². The van der Waals surface area contributed by atoms with Crippen LogP contribution in [0.5, 0.6) is 0 Å². The van der Waals surface area contributed by atoms with Gasteiger partial charge in [-0.1, -0.05) is 0 Å². The molecule has 84 valence electrons. The highest BCUT2D eigenvalue weighted by atomic mass is 79.9. The SMILES string of the molecule is CC(Nc1ncc(Br)cc1F)c1ccco1. The van der Waals surface area contributed by atoms with Crippen LogP contribution in [0.3, 0.4) is 0 Å². The summed E-state index contributed by atoms with van der Waals surface area (Å²) in [5, 5.41) is 2.94. The Labute approximate surface area is 101 Å². The van der Waals surface area contributed by atoms with Gasteiger partial charge >= 0.3 is 0 Å². The molecular formula is C11H10BrFN2O. The molecular weight excluding hydrogens is 275 g/mol. The largest absolute Gasteiger partial charge is 0.467 e. The fourth-order valence-electron chi connectivity index (χ4n) is 1.33. The third-order valence-corrected chi connectivity index (χ3v) is 2.56. The highest BCUT2D eigenvalue weighted by Crippen LogP contribution is 2.21. The molecule has 0 amide bonds. The van der Waals surface area contributed by atoms with Gasteiger partial charge in [0.15, 0.2) is 11.6 Å². The first-order valence-corrected chi connectivity index (χ1v) is 5.57. The second-order valence-corrected chi connectivity index (χ2v) is 4.28. The lowest BCUT2D eigenvalue weighted by atomic mass is 10.2. The summed E-state index contributed by atoms with van der Waals surface area (Å²) in [6, 6.07) is 4.86. The zero-order valence-corrected chi connectivity index (χ0v) is 10.2. The molecule has 1 unspecified atom stereocenters. The number of pyridine rings is 1. The molecule has 0 radical (unpaired) electrons. The summed E-state index contributed by atoms with van der Waals surface area (Å²) >= 11 is 3.15. The van der Waals surface area contributed by atoms with Crippen LogP contribution in [0.1, 0.15) is 18.7 Å². The van der Waals surface area contributed by atoms with Crippen LogP contribution in [-0.4, -0.2) is 4.98 Å². The molecule has 0 aliphatic heterocycles. The molecule has 1 N–H and O–H groups in total. The number of nitrogens with one attached hydrogen (secondary N) is 1. The van der Waals surface area contributed by atoms with E-state index < -0.39 is 5.82 Å². The monoisotopic (exact) mass is 284 g/mol. The minimum absolute atomic E-state index is 0.127. The van der Waals surface area contributed by atoms with Gasteiger partial charge in [-0.3, -0.25) is 0 Å². The number of aromatic nitrogens is 1. The minimum atomic E-state index is -0.396. The Morgan fingerprint density at radius 3 is 3.00 bits per heavy atom. The first kappa shape index (κ1) is 11.1. The van der Waals surface area contributed by atoms with Gasteiger partial charge < -0.3 is 9.73 Å². The van der Waals surface area contributed by atoms with E-state index in [2.05, 4.69) is 26.2 Å². The lowest BCUT2D eigenvalue weighted by Gasteiger charge is -2.12. The average molecular weight is 285 g/mol. The predicted molar refractivity (Wildman–Crippen MR) is 62.6 cm³/mol. The number of nitrogens with zero attached hydrogens (tertiary/aromatic N) is 1. The van der Waals surface area contributed by atoms with Crippen molar-refractivity contribution >= 4 is 21.7 Å². The molecule has 0 bridgehead atoms. The van der Waals surface area contributed by atoms with E-state index in [0.717, 1.165) is 5.76 Å². The number of halogens is 2. The maximum atomic E-state index is 13.5. The summed E-state index contributed by atoms with van der Waals surface area (Å²) in [6.07, 6.45) is 3.12. The van der Waals surface area contributed by atoms with E-state index >= 15 is 0 Å². The Morgan fingerprint density at radius 1 is 1.56 bits per heavy atom. The van der Waals surface area contributed by atoms with E-state index in [1.54, 1.807) is 18.5 Å². The lowest BCUT2D eigenvalue weighted by Crippen LogP contribution is -2.08. The second-order valence-electron chi connectivity index (χ2n) is 3.37. The molecule has 0 aliphatic rings. The molecule has 2 aromatic heterocycles. The summed E-state index contributed by atoms with van der Waals surface area (Å²) in [7, 11) is 0. The Bertz CT molecular complexity index is 473. The van der Waals surface area contributed by atoms with Gasteiger partial charge in [0.05, 0.1) is 12.3 Å². The van der Waals surface area contributed by atoms with Gasteiger partial charge in [-0.2, -0.15) is 0 Å². The smallest absolute Gasteiger partial charge is 0.166 e. The third kappa shape index (κ3) is 2.41. The Kier molecular flexibility index (Phi) is 3.24. The highest BCUT2D eigenvalue weighted by Gasteiger charge is 2.11. The zero-order chi connectivity index (χ0) is 11.5. The number of rotatable bonds is 3. The van der Waals surface area contributed by atoms with Crippen molar-refractivity contribution in [2.75, 3.05) is 5.32 Å². The van der Waals surface area contributed by atoms with Gasteiger partial charge in [0.1, 0.15) is 5.76 Å². The molecule has 2 aromatic rings. The minimum Gasteiger partial charge on any atom is -0.467 e. The van der Waals surface area contributed by atoms with Crippen molar-refractivity contribution in [1.82, 2.24) is 4.98 Å². The summed E-state index contributed by atoms with van der Waals surface area (Å²) in [5.41, 5.74) is 0. The van der Waals surface area contributed by atoms with E-state index in [4.69, 9.17) is 4.42 Å². The van der Waals surface area contributed by atoms with Crippen LogP contribution in [0, 0.1) is 5.82 Å². The first-order chi connectivity index (χ1) is 7.66. The Balaban J connectivity index is 2.15.